The van der Waals surface area contributed by atoms with Gasteiger partial charge < -0.3 is 31.7 Å². The molecule has 2 atom stereocenters. The molecule has 0 bridgehead atoms. The molecule has 6 N–H and O–H groups in total. The zero-order valence-electron chi connectivity index (χ0n) is 23.4. The van der Waals surface area contributed by atoms with Crippen LogP contribution in [-0.2, 0) is 24.2 Å². The van der Waals surface area contributed by atoms with E-state index in [1.165, 1.54) is 0 Å². The molecule has 40 heavy (non-hydrogen) atoms. The summed E-state index contributed by atoms with van der Waals surface area (Å²) in [5.41, 5.74) is 9.01. The van der Waals surface area contributed by atoms with Crippen molar-refractivity contribution < 1.29 is 14.3 Å². The van der Waals surface area contributed by atoms with Gasteiger partial charge >= 0.3 is 6.03 Å². The van der Waals surface area contributed by atoms with Crippen LogP contribution in [0.5, 0.6) is 5.75 Å². The van der Waals surface area contributed by atoms with Crippen LogP contribution in [0.1, 0.15) is 36.0 Å². The predicted octanol–water partition coefficient (Wildman–Crippen LogP) is 3.55. The van der Waals surface area contributed by atoms with Crippen LogP contribution in [0.25, 0.3) is 0 Å². The standard InChI is InChI=1S/C32H43N5O3/c1-40-29-17-15-25(16-18-29)19-21-34-32(39)36-24-28(22-26-10-4-2-5-11-26)37-30(14-8-9-20-33)31(38)35-23-27-12-6-3-7-13-27/h2-7,10-13,15-18,28,30,37H,8-9,14,19-24,33H2,1H3,(H,35,38)(H2,34,36,39)/t28-,30+/m1/s1. The molecule has 0 aliphatic rings. The second-order valence-electron chi connectivity index (χ2n) is 9.83. The first-order valence-corrected chi connectivity index (χ1v) is 14.0. The number of nitrogens with two attached hydrogens (primary N) is 1. The van der Waals surface area contributed by atoms with Crippen molar-refractivity contribution in [3.8, 4) is 5.75 Å². The van der Waals surface area contributed by atoms with Gasteiger partial charge in [0.2, 0.25) is 5.91 Å². The molecule has 0 aromatic heterocycles. The Balaban J connectivity index is 1.57. The van der Waals surface area contributed by atoms with Crippen molar-refractivity contribution in [3.63, 3.8) is 0 Å². The van der Waals surface area contributed by atoms with Crippen LogP contribution in [0.4, 0.5) is 4.79 Å². The molecule has 0 aliphatic heterocycles. The van der Waals surface area contributed by atoms with Crippen LogP contribution in [0.2, 0.25) is 0 Å². The van der Waals surface area contributed by atoms with Crippen LogP contribution in [0.15, 0.2) is 84.9 Å². The largest absolute Gasteiger partial charge is 0.497 e. The molecular formula is C32H43N5O3. The van der Waals surface area contributed by atoms with Gasteiger partial charge in [0.1, 0.15) is 5.75 Å². The molecule has 8 nitrogen and oxygen atoms in total. The van der Waals surface area contributed by atoms with E-state index >= 15 is 0 Å². The molecule has 0 unspecified atom stereocenters. The minimum Gasteiger partial charge on any atom is -0.497 e. The highest BCUT2D eigenvalue weighted by Gasteiger charge is 2.22. The molecule has 3 rings (SSSR count). The third-order valence-corrected chi connectivity index (χ3v) is 6.70. The first kappa shape index (κ1) is 30.7. The lowest BCUT2D eigenvalue weighted by Gasteiger charge is -2.26. The number of amides is 3. The van der Waals surface area contributed by atoms with Crippen LogP contribution in [0, 0.1) is 0 Å². The number of ether oxygens (including phenoxy) is 1. The molecule has 0 spiro atoms. The number of carbonyl (C=O) groups excluding carboxylic acids is 2. The molecule has 0 radical (unpaired) electrons. The van der Waals surface area contributed by atoms with Gasteiger partial charge in [0.05, 0.1) is 13.2 Å². The molecule has 0 saturated carbocycles. The average Bonchev–Trinajstić information content (AvgIpc) is 2.99. The average molecular weight is 546 g/mol. The minimum atomic E-state index is -0.399. The second-order valence-corrected chi connectivity index (χ2v) is 9.83. The number of carbonyl (C=O) groups is 2. The number of hydrogen-bond donors (Lipinski definition) is 5. The third kappa shape index (κ3) is 11.5. The number of nitrogens with one attached hydrogen (secondary N) is 4. The van der Waals surface area contributed by atoms with E-state index in [4.69, 9.17) is 10.5 Å². The van der Waals surface area contributed by atoms with Crippen molar-refractivity contribution in [1.82, 2.24) is 21.3 Å². The van der Waals surface area contributed by atoms with Gasteiger partial charge in [-0.3, -0.25) is 4.79 Å². The monoisotopic (exact) mass is 545 g/mol. The van der Waals surface area contributed by atoms with Crippen molar-refractivity contribution in [2.24, 2.45) is 5.73 Å². The first-order chi connectivity index (χ1) is 19.6. The minimum absolute atomic E-state index is 0.0529. The van der Waals surface area contributed by atoms with Crippen molar-refractivity contribution >= 4 is 11.9 Å². The molecule has 0 heterocycles. The summed E-state index contributed by atoms with van der Waals surface area (Å²) in [7, 11) is 1.64. The van der Waals surface area contributed by atoms with Crippen molar-refractivity contribution in [1.29, 1.82) is 0 Å². The molecule has 0 saturated heterocycles. The Labute approximate surface area is 238 Å². The van der Waals surface area contributed by atoms with Crippen LogP contribution in [0.3, 0.4) is 0 Å². The Morgan fingerprint density at radius 1 is 0.800 bits per heavy atom. The SMILES string of the molecule is COc1ccc(CCNC(=O)NC[C@@H](Cc2ccccc2)N[C@@H](CCCCN)C(=O)NCc2ccccc2)cc1. The van der Waals surface area contributed by atoms with E-state index in [1.807, 2.05) is 72.8 Å². The van der Waals surface area contributed by atoms with E-state index in [9.17, 15) is 9.59 Å². The van der Waals surface area contributed by atoms with E-state index < -0.39 is 6.04 Å². The van der Waals surface area contributed by atoms with Crippen molar-refractivity contribution in [3.05, 3.63) is 102 Å². The van der Waals surface area contributed by atoms with E-state index in [0.717, 1.165) is 35.3 Å². The molecule has 8 heteroatoms. The summed E-state index contributed by atoms with van der Waals surface area (Å²) < 4.78 is 5.20. The van der Waals surface area contributed by atoms with Crippen molar-refractivity contribution in [2.75, 3.05) is 26.7 Å². The van der Waals surface area contributed by atoms with E-state index in [-0.39, 0.29) is 18.0 Å². The maximum Gasteiger partial charge on any atom is 0.314 e. The van der Waals surface area contributed by atoms with Crippen molar-refractivity contribution in [2.45, 2.75) is 50.7 Å². The number of rotatable bonds is 17. The molecule has 0 aliphatic carbocycles. The highest BCUT2D eigenvalue weighted by Crippen LogP contribution is 2.11. The fourth-order valence-corrected chi connectivity index (χ4v) is 4.46. The summed E-state index contributed by atoms with van der Waals surface area (Å²) in [5, 5.41) is 12.5. The molecule has 214 valence electrons. The Hall–Kier alpha value is -3.88. The molecular weight excluding hydrogens is 502 g/mol. The summed E-state index contributed by atoms with van der Waals surface area (Å²) in [4.78, 5) is 25.9. The topological polar surface area (TPSA) is 118 Å². The summed E-state index contributed by atoms with van der Waals surface area (Å²) in [6, 6.07) is 27.0. The fourth-order valence-electron chi connectivity index (χ4n) is 4.46. The van der Waals surface area contributed by atoms with Gasteiger partial charge in [-0.15, -0.1) is 0 Å². The van der Waals surface area contributed by atoms with Gasteiger partial charge in [-0.2, -0.15) is 0 Å². The lowest BCUT2D eigenvalue weighted by Crippen LogP contribution is -2.53. The lowest BCUT2D eigenvalue weighted by molar-refractivity contribution is -0.123. The third-order valence-electron chi connectivity index (χ3n) is 6.70. The second kappa shape index (κ2) is 17.7. The van der Waals surface area contributed by atoms with E-state index in [1.54, 1.807) is 7.11 Å². The quantitative estimate of drug-likeness (QED) is 0.166. The smallest absolute Gasteiger partial charge is 0.314 e. The Kier molecular flexibility index (Phi) is 13.5. The predicted molar refractivity (Wildman–Crippen MR) is 160 cm³/mol. The summed E-state index contributed by atoms with van der Waals surface area (Å²) in [6.45, 7) is 1.94. The Morgan fingerprint density at radius 2 is 1.48 bits per heavy atom. The van der Waals surface area contributed by atoms with Gasteiger partial charge in [-0.05, 0) is 61.1 Å². The van der Waals surface area contributed by atoms with Gasteiger partial charge in [-0.25, -0.2) is 4.79 Å². The normalized spacial score (nSPS) is 12.2. The number of benzene rings is 3. The van der Waals surface area contributed by atoms with Gasteiger partial charge in [0, 0.05) is 25.7 Å². The van der Waals surface area contributed by atoms with Gasteiger partial charge in [0.15, 0.2) is 0 Å². The molecule has 3 amide bonds. The number of hydrogen-bond acceptors (Lipinski definition) is 5. The summed E-state index contributed by atoms with van der Waals surface area (Å²) in [6.07, 6.45) is 3.74. The van der Waals surface area contributed by atoms with E-state index in [0.29, 0.717) is 45.4 Å². The highest BCUT2D eigenvalue weighted by molar-refractivity contribution is 5.81. The highest BCUT2D eigenvalue weighted by atomic mass is 16.5. The Bertz CT molecular complexity index is 1130. The summed E-state index contributed by atoms with van der Waals surface area (Å²) >= 11 is 0. The first-order valence-electron chi connectivity index (χ1n) is 14.0. The molecule has 3 aromatic rings. The van der Waals surface area contributed by atoms with Gasteiger partial charge in [0.25, 0.3) is 0 Å². The number of methoxy groups -OCH3 is 1. The maximum atomic E-state index is 13.2. The van der Waals surface area contributed by atoms with Crippen LogP contribution in [-0.4, -0.2) is 50.8 Å². The molecule has 3 aromatic carbocycles. The fraction of sp³-hybridized carbons (Fsp3) is 0.375. The van der Waals surface area contributed by atoms with Gasteiger partial charge in [-0.1, -0.05) is 79.2 Å². The van der Waals surface area contributed by atoms with Crippen LogP contribution < -0.4 is 31.7 Å². The number of urea groups is 1. The maximum absolute atomic E-state index is 13.2. The zero-order chi connectivity index (χ0) is 28.4. The van der Waals surface area contributed by atoms with E-state index in [2.05, 4.69) is 33.4 Å². The summed E-state index contributed by atoms with van der Waals surface area (Å²) in [5.74, 6) is 0.754. The van der Waals surface area contributed by atoms with Crippen LogP contribution >= 0.6 is 0 Å². The number of unbranched alkanes of at least 4 members (excludes halogenated alkanes) is 1. The molecule has 0 fully saturated rings. The zero-order valence-corrected chi connectivity index (χ0v) is 23.4. The Morgan fingerprint density at radius 3 is 2.12 bits per heavy atom. The lowest BCUT2D eigenvalue weighted by atomic mass is 10.0.